The number of ether oxygens (including phenoxy) is 2. The lowest BCUT2D eigenvalue weighted by molar-refractivity contribution is -0.126. The second-order valence-electron chi connectivity index (χ2n) is 5.99. The van der Waals surface area contributed by atoms with Gasteiger partial charge in [-0.05, 0) is 23.3 Å². The van der Waals surface area contributed by atoms with Gasteiger partial charge in [-0.3, -0.25) is 9.59 Å². The van der Waals surface area contributed by atoms with Crippen LogP contribution in [0.3, 0.4) is 0 Å². The molecule has 0 aliphatic heterocycles. The molecule has 148 valence electrons. The predicted molar refractivity (Wildman–Crippen MR) is 102 cm³/mol. The maximum atomic E-state index is 12.0. The number of alkyl carbamates (subject to hydrolysis) is 1. The minimum atomic E-state index is -0.900. The van der Waals surface area contributed by atoms with Crippen LogP contribution in [0.4, 0.5) is 4.79 Å². The summed E-state index contributed by atoms with van der Waals surface area (Å²) in [5.41, 5.74) is 7.00. The van der Waals surface area contributed by atoms with Gasteiger partial charge >= 0.3 is 6.09 Å². The van der Waals surface area contributed by atoms with Crippen LogP contribution in [0.25, 0.3) is 0 Å². The fourth-order valence-electron chi connectivity index (χ4n) is 2.39. The summed E-state index contributed by atoms with van der Waals surface area (Å²) in [7, 11) is 1.55. The molecule has 8 heteroatoms. The van der Waals surface area contributed by atoms with Crippen LogP contribution in [0.1, 0.15) is 11.1 Å². The molecule has 8 nitrogen and oxygen atoms in total. The molecule has 1 atom stereocenters. The molecule has 0 heterocycles. The predicted octanol–water partition coefficient (Wildman–Crippen LogP) is 1.13. The molecule has 0 radical (unpaired) electrons. The molecule has 0 saturated heterocycles. The van der Waals surface area contributed by atoms with E-state index in [0.717, 1.165) is 11.1 Å². The molecule has 0 unspecified atom stereocenters. The minimum absolute atomic E-state index is 0.0929. The fourth-order valence-corrected chi connectivity index (χ4v) is 2.39. The Hall–Kier alpha value is -3.55. The normalized spacial score (nSPS) is 11.2. The molecular weight excluding hydrogens is 362 g/mol. The average Bonchev–Trinajstić information content (AvgIpc) is 2.71. The third-order valence-electron chi connectivity index (χ3n) is 3.88. The van der Waals surface area contributed by atoms with Gasteiger partial charge in [0, 0.05) is 6.42 Å². The summed E-state index contributed by atoms with van der Waals surface area (Å²) in [6.07, 6.45) is -0.506. The summed E-state index contributed by atoms with van der Waals surface area (Å²) in [5.74, 6) is -0.536. The first-order valence-electron chi connectivity index (χ1n) is 8.64. The van der Waals surface area contributed by atoms with Gasteiger partial charge in [0.1, 0.15) is 24.9 Å². The van der Waals surface area contributed by atoms with Gasteiger partial charge in [0.15, 0.2) is 0 Å². The lowest BCUT2D eigenvalue weighted by atomic mass is 10.1. The monoisotopic (exact) mass is 385 g/mol. The Kier molecular flexibility index (Phi) is 7.83. The Morgan fingerprint density at radius 3 is 2.29 bits per heavy atom. The van der Waals surface area contributed by atoms with Crippen molar-refractivity contribution in [1.82, 2.24) is 10.6 Å². The van der Waals surface area contributed by atoms with Crippen molar-refractivity contribution in [3.05, 3.63) is 65.7 Å². The fraction of sp³-hybridized carbons (Fsp3) is 0.250. The van der Waals surface area contributed by atoms with Crippen LogP contribution in [-0.2, 0) is 27.4 Å². The number of rotatable bonds is 9. The largest absolute Gasteiger partial charge is 0.497 e. The Labute approximate surface area is 163 Å². The van der Waals surface area contributed by atoms with Crippen molar-refractivity contribution in [1.29, 1.82) is 0 Å². The lowest BCUT2D eigenvalue weighted by Crippen LogP contribution is -2.49. The summed E-state index contributed by atoms with van der Waals surface area (Å²) < 4.78 is 10.1. The highest BCUT2D eigenvalue weighted by Crippen LogP contribution is 2.12. The van der Waals surface area contributed by atoms with Gasteiger partial charge in [0.2, 0.25) is 11.8 Å². The highest BCUT2D eigenvalue weighted by Gasteiger charge is 2.19. The molecule has 2 aromatic rings. The first-order valence-corrected chi connectivity index (χ1v) is 8.64. The molecule has 0 aliphatic carbocycles. The van der Waals surface area contributed by atoms with E-state index in [1.165, 1.54) is 0 Å². The molecule has 0 aromatic heterocycles. The summed E-state index contributed by atoms with van der Waals surface area (Å²) in [6.45, 7) is -0.240. The van der Waals surface area contributed by atoms with Gasteiger partial charge in [-0.1, -0.05) is 42.5 Å². The van der Waals surface area contributed by atoms with Crippen LogP contribution in [0.15, 0.2) is 54.6 Å². The Balaban J connectivity index is 1.78. The van der Waals surface area contributed by atoms with Gasteiger partial charge < -0.3 is 25.8 Å². The zero-order chi connectivity index (χ0) is 20.4. The number of methoxy groups -OCH3 is 1. The quantitative estimate of drug-likeness (QED) is 0.598. The highest BCUT2D eigenvalue weighted by atomic mass is 16.5. The average molecular weight is 385 g/mol. The first kappa shape index (κ1) is 20.8. The van der Waals surface area contributed by atoms with E-state index in [2.05, 4.69) is 10.6 Å². The molecule has 0 aliphatic rings. The van der Waals surface area contributed by atoms with Crippen molar-refractivity contribution in [3.8, 4) is 5.75 Å². The summed E-state index contributed by atoms with van der Waals surface area (Å²) >= 11 is 0. The van der Waals surface area contributed by atoms with Crippen molar-refractivity contribution in [3.63, 3.8) is 0 Å². The SMILES string of the molecule is COc1ccc(C[C@@H](NC(=O)CNC(=O)OCc2ccccc2)C(N)=O)cc1. The van der Waals surface area contributed by atoms with Crippen molar-refractivity contribution in [2.75, 3.05) is 13.7 Å². The van der Waals surface area contributed by atoms with Crippen LogP contribution < -0.4 is 21.1 Å². The van der Waals surface area contributed by atoms with E-state index in [9.17, 15) is 14.4 Å². The van der Waals surface area contributed by atoms with Crippen LogP contribution in [-0.4, -0.2) is 37.6 Å². The van der Waals surface area contributed by atoms with E-state index in [1.54, 1.807) is 31.4 Å². The number of amides is 3. The maximum absolute atomic E-state index is 12.0. The second kappa shape index (κ2) is 10.6. The van der Waals surface area contributed by atoms with E-state index in [1.807, 2.05) is 30.3 Å². The van der Waals surface area contributed by atoms with E-state index >= 15 is 0 Å². The van der Waals surface area contributed by atoms with Crippen LogP contribution in [0, 0.1) is 0 Å². The third kappa shape index (κ3) is 6.99. The standard InChI is InChI=1S/C20H23N3O5/c1-27-16-9-7-14(8-10-16)11-17(19(21)25)23-18(24)12-22-20(26)28-13-15-5-3-2-4-6-15/h2-10,17H,11-13H2,1H3,(H2,21,25)(H,22,26)(H,23,24)/t17-/m1/s1. The number of primary amides is 1. The Bertz CT molecular complexity index is 793. The number of nitrogens with one attached hydrogen (secondary N) is 2. The van der Waals surface area contributed by atoms with Crippen molar-refractivity contribution < 1.29 is 23.9 Å². The van der Waals surface area contributed by atoms with Crippen molar-refractivity contribution in [2.45, 2.75) is 19.1 Å². The topological polar surface area (TPSA) is 120 Å². The summed E-state index contributed by atoms with van der Waals surface area (Å²) in [5, 5.41) is 4.84. The van der Waals surface area contributed by atoms with Crippen LogP contribution in [0.2, 0.25) is 0 Å². The maximum Gasteiger partial charge on any atom is 0.407 e. The molecule has 3 amide bonds. The van der Waals surface area contributed by atoms with E-state index < -0.39 is 23.9 Å². The molecule has 0 bridgehead atoms. The zero-order valence-electron chi connectivity index (χ0n) is 15.5. The van der Waals surface area contributed by atoms with E-state index in [0.29, 0.717) is 5.75 Å². The Morgan fingerprint density at radius 1 is 1.00 bits per heavy atom. The molecule has 28 heavy (non-hydrogen) atoms. The molecule has 0 saturated carbocycles. The molecule has 0 spiro atoms. The highest BCUT2D eigenvalue weighted by molar-refractivity contribution is 5.88. The molecular formula is C20H23N3O5. The molecule has 2 rings (SSSR count). The second-order valence-corrected chi connectivity index (χ2v) is 5.99. The number of carbonyl (C=O) groups excluding carboxylic acids is 3. The van der Waals surface area contributed by atoms with Crippen molar-refractivity contribution >= 4 is 17.9 Å². The summed E-state index contributed by atoms with van der Waals surface area (Å²) in [4.78, 5) is 35.3. The number of hydrogen-bond acceptors (Lipinski definition) is 5. The van der Waals surface area contributed by atoms with Crippen LogP contribution in [0.5, 0.6) is 5.75 Å². The van der Waals surface area contributed by atoms with Gasteiger partial charge in [0.25, 0.3) is 0 Å². The smallest absolute Gasteiger partial charge is 0.407 e. The molecule has 4 N–H and O–H groups in total. The molecule has 2 aromatic carbocycles. The molecule has 0 fully saturated rings. The number of carbonyl (C=O) groups is 3. The van der Waals surface area contributed by atoms with Gasteiger partial charge in [0.05, 0.1) is 7.11 Å². The van der Waals surface area contributed by atoms with E-state index in [-0.39, 0.29) is 19.6 Å². The van der Waals surface area contributed by atoms with Crippen molar-refractivity contribution in [2.24, 2.45) is 5.73 Å². The van der Waals surface area contributed by atoms with Crippen LogP contribution >= 0.6 is 0 Å². The summed E-state index contributed by atoms with van der Waals surface area (Å²) in [6, 6.07) is 15.3. The Morgan fingerprint density at radius 2 is 1.68 bits per heavy atom. The van der Waals surface area contributed by atoms with Gasteiger partial charge in [-0.15, -0.1) is 0 Å². The third-order valence-corrected chi connectivity index (χ3v) is 3.88. The van der Waals surface area contributed by atoms with Gasteiger partial charge in [-0.25, -0.2) is 4.79 Å². The first-order chi connectivity index (χ1) is 13.5. The number of benzene rings is 2. The lowest BCUT2D eigenvalue weighted by Gasteiger charge is -2.16. The van der Waals surface area contributed by atoms with E-state index in [4.69, 9.17) is 15.2 Å². The number of nitrogens with two attached hydrogens (primary N) is 1. The zero-order valence-corrected chi connectivity index (χ0v) is 15.5. The number of hydrogen-bond donors (Lipinski definition) is 3. The minimum Gasteiger partial charge on any atom is -0.497 e. The van der Waals surface area contributed by atoms with Gasteiger partial charge in [-0.2, -0.15) is 0 Å².